The summed E-state index contributed by atoms with van der Waals surface area (Å²) in [5, 5.41) is 4.78. The molecule has 52 heavy (non-hydrogen) atoms. The number of fused-ring (bicyclic) bond motifs is 9. The minimum atomic E-state index is -0.454. The molecule has 0 N–H and O–H groups in total. The van der Waals surface area contributed by atoms with E-state index in [0.717, 1.165) is 39.0 Å². The SMILES string of the molecule is c1ccc(C2(c3ccc(N(c4cccc5c4sc4ccccc45)c4cccc5oc6ccccc6c45)cc3)c3ccccc3-c3ccccc32)cc1. The van der Waals surface area contributed by atoms with Crippen LogP contribution in [0.5, 0.6) is 0 Å². The van der Waals surface area contributed by atoms with E-state index in [9.17, 15) is 0 Å². The average molecular weight is 682 g/mol. The summed E-state index contributed by atoms with van der Waals surface area (Å²) in [6.07, 6.45) is 0. The maximum absolute atomic E-state index is 6.44. The summed E-state index contributed by atoms with van der Waals surface area (Å²) < 4.78 is 8.99. The Bertz CT molecular complexity index is 2930. The fourth-order valence-electron chi connectivity index (χ4n) is 8.83. The van der Waals surface area contributed by atoms with E-state index in [-0.39, 0.29) is 0 Å². The van der Waals surface area contributed by atoms with E-state index in [4.69, 9.17) is 4.42 Å². The highest BCUT2D eigenvalue weighted by atomic mass is 32.1. The molecule has 2 heterocycles. The standard InChI is InChI=1S/C49H31NOS/c1-2-14-32(15-3-1)49(40-21-8-4-16-35(40)36-17-5-9-22-41(36)49)33-28-30-34(31-29-33)50(42-23-13-26-45-47(42)39-19-6-10-25-44(39)51-45)43-24-12-20-38-37-18-7-11-27-46(37)52-48(38)43/h1-31H. The van der Waals surface area contributed by atoms with Crippen molar-refractivity contribution in [3.63, 3.8) is 0 Å². The number of hydrogen-bond acceptors (Lipinski definition) is 3. The highest BCUT2D eigenvalue weighted by molar-refractivity contribution is 7.26. The maximum atomic E-state index is 6.44. The van der Waals surface area contributed by atoms with Gasteiger partial charge in [-0.05, 0) is 75.8 Å². The van der Waals surface area contributed by atoms with Gasteiger partial charge in [0.1, 0.15) is 11.2 Å². The van der Waals surface area contributed by atoms with Gasteiger partial charge in [0, 0.05) is 26.5 Å². The smallest absolute Gasteiger partial charge is 0.137 e. The van der Waals surface area contributed by atoms with Gasteiger partial charge in [-0.25, -0.2) is 0 Å². The number of anilines is 3. The van der Waals surface area contributed by atoms with Crippen molar-refractivity contribution in [2.75, 3.05) is 4.90 Å². The van der Waals surface area contributed by atoms with Crippen LogP contribution in [0.25, 0.3) is 53.2 Å². The molecule has 1 aliphatic rings. The van der Waals surface area contributed by atoms with Gasteiger partial charge in [-0.1, -0.05) is 146 Å². The van der Waals surface area contributed by atoms with E-state index in [1.807, 2.05) is 17.4 Å². The molecule has 244 valence electrons. The second kappa shape index (κ2) is 11.3. The number of rotatable bonds is 5. The van der Waals surface area contributed by atoms with Crippen molar-refractivity contribution in [1.29, 1.82) is 0 Å². The molecule has 0 spiro atoms. The molecule has 8 aromatic carbocycles. The van der Waals surface area contributed by atoms with Gasteiger partial charge in [0.15, 0.2) is 0 Å². The number of nitrogens with zero attached hydrogens (tertiary/aromatic N) is 1. The van der Waals surface area contributed by atoms with Crippen molar-refractivity contribution in [3.05, 3.63) is 210 Å². The van der Waals surface area contributed by atoms with E-state index >= 15 is 0 Å². The van der Waals surface area contributed by atoms with Gasteiger partial charge in [0.25, 0.3) is 0 Å². The molecule has 1 aliphatic carbocycles. The lowest BCUT2D eigenvalue weighted by molar-refractivity contribution is 0.669. The Morgan fingerprint density at radius 1 is 0.423 bits per heavy atom. The third-order valence-corrected chi connectivity index (χ3v) is 12.2. The van der Waals surface area contributed by atoms with Crippen molar-refractivity contribution in [2.45, 2.75) is 5.41 Å². The first-order valence-corrected chi connectivity index (χ1v) is 18.6. The van der Waals surface area contributed by atoms with Crippen LogP contribution in [-0.4, -0.2) is 0 Å². The van der Waals surface area contributed by atoms with Crippen LogP contribution < -0.4 is 4.90 Å². The third kappa shape index (κ3) is 4.06. The molecule has 10 aromatic rings. The fourth-order valence-corrected chi connectivity index (χ4v) is 10.0. The Morgan fingerprint density at radius 3 is 1.79 bits per heavy atom. The molecular formula is C49H31NOS. The number of para-hydroxylation sites is 1. The van der Waals surface area contributed by atoms with Gasteiger partial charge in [-0.3, -0.25) is 0 Å². The predicted molar refractivity (Wildman–Crippen MR) is 219 cm³/mol. The molecule has 0 amide bonds. The van der Waals surface area contributed by atoms with Crippen molar-refractivity contribution in [3.8, 4) is 11.1 Å². The predicted octanol–water partition coefficient (Wildman–Crippen LogP) is 13.8. The quantitative estimate of drug-likeness (QED) is 0.180. The van der Waals surface area contributed by atoms with Crippen LogP contribution in [0.4, 0.5) is 17.1 Å². The molecule has 3 heteroatoms. The first kappa shape index (κ1) is 29.3. The normalized spacial score (nSPS) is 13.2. The van der Waals surface area contributed by atoms with Gasteiger partial charge < -0.3 is 9.32 Å². The molecular weight excluding hydrogens is 651 g/mol. The van der Waals surface area contributed by atoms with Crippen molar-refractivity contribution < 1.29 is 4.42 Å². The Kier molecular flexibility index (Phi) is 6.37. The van der Waals surface area contributed by atoms with Crippen LogP contribution in [0.3, 0.4) is 0 Å². The lowest BCUT2D eigenvalue weighted by atomic mass is 9.68. The molecule has 0 saturated heterocycles. The second-order valence-electron chi connectivity index (χ2n) is 13.6. The zero-order chi connectivity index (χ0) is 34.2. The van der Waals surface area contributed by atoms with Crippen LogP contribution in [0, 0.1) is 0 Å². The minimum Gasteiger partial charge on any atom is -0.456 e. The molecule has 0 unspecified atom stereocenters. The minimum absolute atomic E-state index is 0.454. The number of hydrogen-bond donors (Lipinski definition) is 0. The number of thiophene rings is 1. The summed E-state index contributed by atoms with van der Waals surface area (Å²) in [5.41, 5.74) is 12.4. The number of benzene rings is 8. The molecule has 0 bridgehead atoms. The molecule has 0 atom stereocenters. The Hall–Kier alpha value is -6.42. The van der Waals surface area contributed by atoms with Crippen molar-refractivity contribution >= 4 is 70.5 Å². The van der Waals surface area contributed by atoms with E-state index < -0.39 is 5.41 Å². The van der Waals surface area contributed by atoms with Gasteiger partial charge in [0.2, 0.25) is 0 Å². The molecule has 0 aliphatic heterocycles. The fraction of sp³-hybridized carbons (Fsp3) is 0.0204. The van der Waals surface area contributed by atoms with Gasteiger partial charge in [-0.2, -0.15) is 0 Å². The highest BCUT2D eigenvalue weighted by Gasteiger charge is 2.45. The van der Waals surface area contributed by atoms with Crippen LogP contribution >= 0.6 is 11.3 Å². The Balaban J connectivity index is 1.18. The van der Waals surface area contributed by atoms with Crippen LogP contribution in [-0.2, 0) is 5.41 Å². The van der Waals surface area contributed by atoms with Crippen LogP contribution in [0.15, 0.2) is 192 Å². The topological polar surface area (TPSA) is 16.4 Å². The number of furan rings is 1. The monoisotopic (exact) mass is 681 g/mol. The summed E-state index contributed by atoms with van der Waals surface area (Å²) >= 11 is 1.86. The zero-order valence-corrected chi connectivity index (χ0v) is 29.0. The molecule has 2 nitrogen and oxygen atoms in total. The first-order chi connectivity index (χ1) is 25.8. The molecule has 0 saturated carbocycles. The maximum Gasteiger partial charge on any atom is 0.137 e. The summed E-state index contributed by atoms with van der Waals surface area (Å²) in [7, 11) is 0. The second-order valence-corrected chi connectivity index (χ2v) is 14.6. The lowest BCUT2D eigenvalue weighted by Crippen LogP contribution is -2.28. The zero-order valence-electron chi connectivity index (χ0n) is 28.2. The van der Waals surface area contributed by atoms with Gasteiger partial charge >= 0.3 is 0 Å². The highest BCUT2D eigenvalue weighted by Crippen LogP contribution is 2.56. The average Bonchev–Trinajstić information content (AvgIpc) is 3.88. The van der Waals surface area contributed by atoms with Crippen molar-refractivity contribution in [2.24, 2.45) is 0 Å². The largest absolute Gasteiger partial charge is 0.456 e. The summed E-state index contributed by atoms with van der Waals surface area (Å²) in [6.45, 7) is 0. The molecule has 11 rings (SSSR count). The van der Waals surface area contributed by atoms with E-state index in [1.54, 1.807) is 0 Å². The molecule has 0 fully saturated rings. The van der Waals surface area contributed by atoms with Crippen molar-refractivity contribution in [1.82, 2.24) is 0 Å². The summed E-state index contributed by atoms with van der Waals surface area (Å²) in [4.78, 5) is 2.44. The van der Waals surface area contributed by atoms with E-state index in [2.05, 4.69) is 187 Å². The molecule has 0 radical (unpaired) electrons. The van der Waals surface area contributed by atoms with Crippen LogP contribution in [0.1, 0.15) is 22.3 Å². The Labute approximate surface area is 305 Å². The first-order valence-electron chi connectivity index (χ1n) is 17.8. The summed E-state index contributed by atoms with van der Waals surface area (Å²) in [5.74, 6) is 0. The van der Waals surface area contributed by atoms with Gasteiger partial charge in [-0.15, -0.1) is 11.3 Å². The lowest BCUT2D eigenvalue weighted by Gasteiger charge is -2.34. The van der Waals surface area contributed by atoms with Gasteiger partial charge in [0.05, 0.1) is 26.9 Å². The van der Waals surface area contributed by atoms with E-state index in [1.165, 1.54) is 53.6 Å². The van der Waals surface area contributed by atoms with Crippen LogP contribution in [0.2, 0.25) is 0 Å². The van der Waals surface area contributed by atoms with E-state index in [0.29, 0.717) is 0 Å². The Morgan fingerprint density at radius 2 is 1.00 bits per heavy atom. The third-order valence-electron chi connectivity index (χ3n) is 11.0. The summed E-state index contributed by atoms with van der Waals surface area (Å²) in [6, 6.07) is 68.5. The molecule has 2 aromatic heterocycles.